The minimum atomic E-state index is 0.443. The van der Waals surface area contributed by atoms with E-state index in [0.29, 0.717) is 26.6 Å². The number of rotatable bonds is 3. The van der Waals surface area contributed by atoms with Gasteiger partial charge in [-0.2, -0.15) is 0 Å². The van der Waals surface area contributed by atoms with Gasteiger partial charge in [-0.3, -0.25) is 0 Å². The number of halogens is 4. The van der Waals surface area contributed by atoms with Crippen LogP contribution in [0, 0.1) is 0 Å². The highest BCUT2D eigenvalue weighted by molar-refractivity contribution is 6.44. The molecule has 18 heavy (non-hydrogen) atoms. The Hall–Kier alpha value is -0.600. The predicted molar refractivity (Wildman–Crippen MR) is 80.3 cm³/mol. The molecular formula is C13H9Cl4N. The van der Waals surface area contributed by atoms with E-state index in [4.69, 9.17) is 46.4 Å². The van der Waals surface area contributed by atoms with Gasteiger partial charge >= 0.3 is 0 Å². The molecule has 2 aromatic rings. The SMILES string of the molecule is Clc1ccc(CNc2cc(Cl)c(Cl)cc2Cl)cc1. The Labute approximate surface area is 126 Å². The van der Waals surface area contributed by atoms with Crippen LogP contribution in [0.4, 0.5) is 5.69 Å². The summed E-state index contributed by atoms with van der Waals surface area (Å²) < 4.78 is 0. The number of hydrogen-bond donors (Lipinski definition) is 1. The maximum Gasteiger partial charge on any atom is 0.0653 e. The van der Waals surface area contributed by atoms with Gasteiger partial charge in [0.1, 0.15) is 0 Å². The number of nitrogens with one attached hydrogen (secondary N) is 1. The smallest absolute Gasteiger partial charge is 0.0653 e. The second kappa shape index (κ2) is 6.03. The molecule has 0 spiro atoms. The normalized spacial score (nSPS) is 10.4. The molecule has 94 valence electrons. The van der Waals surface area contributed by atoms with E-state index in [-0.39, 0.29) is 0 Å². The molecule has 0 unspecified atom stereocenters. The van der Waals surface area contributed by atoms with Gasteiger partial charge in [0.25, 0.3) is 0 Å². The largest absolute Gasteiger partial charge is 0.380 e. The lowest BCUT2D eigenvalue weighted by atomic mass is 10.2. The van der Waals surface area contributed by atoms with E-state index in [9.17, 15) is 0 Å². The van der Waals surface area contributed by atoms with Gasteiger partial charge in [0.15, 0.2) is 0 Å². The summed E-state index contributed by atoms with van der Waals surface area (Å²) in [7, 11) is 0. The Morgan fingerprint density at radius 1 is 0.778 bits per heavy atom. The molecule has 0 amide bonds. The zero-order chi connectivity index (χ0) is 13.1. The van der Waals surface area contributed by atoms with Gasteiger partial charge in [0.2, 0.25) is 0 Å². The van der Waals surface area contributed by atoms with Gasteiger partial charge in [-0.25, -0.2) is 0 Å². The van der Waals surface area contributed by atoms with Crippen molar-refractivity contribution in [2.75, 3.05) is 5.32 Å². The molecule has 0 aromatic heterocycles. The van der Waals surface area contributed by atoms with E-state index in [1.807, 2.05) is 24.3 Å². The lowest BCUT2D eigenvalue weighted by molar-refractivity contribution is 1.15. The number of anilines is 1. The fourth-order valence-electron chi connectivity index (χ4n) is 1.46. The molecule has 0 aliphatic heterocycles. The summed E-state index contributed by atoms with van der Waals surface area (Å²) in [6, 6.07) is 10.9. The molecule has 1 N–H and O–H groups in total. The molecular weight excluding hydrogens is 312 g/mol. The van der Waals surface area contributed by atoms with Crippen molar-refractivity contribution in [3.8, 4) is 0 Å². The molecule has 5 heteroatoms. The molecule has 0 saturated carbocycles. The average molecular weight is 321 g/mol. The summed E-state index contributed by atoms with van der Waals surface area (Å²) in [6.07, 6.45) is 0. The monoisotopic (exact) mass is 319 g/mol. The first-order valence-electron chi connectivity index (χ1n) is 5.19. The molecule has 0 saturated heterocycles. The van der Waals surface area contributed by atoms with Gasteiger partial charge in [-0.15, -0.1) is 0 Å². The fraction of sp³-hybridized carbons (Fsp3) is 0.0769. The van der Waals surface area contributed by atoms with Gasteiger partial charge in [0.05, 0.1) is 20.8 Å². The van der Waals surface area contributed by atoms with Gasteiger partial charge in [-0.1, -0.05) is 58.5 Å². The summed E-state index contributed by atoms with van der Waals surface area (Å²) in [5, 5.41) is 5.37. The van der Waals surface area contributed by atoms with E-state index >= 15 is 0 Å². The Bertz CT molecular complexity index is 552. The molecule has 0 heterocycles. The molecule has 0 bridgehead atoms. The molecule has 0 aliphatic carbocycles. The van der Waals surface area contributed by atoms with Crippen molar-refractivity contribution >= 4 is 52.1 Å². The maximum atomic E-state index is 6.07. The van der Waals surface area contributed by atoms with Crippen LogP contribution in [0.1, 0.15) is 5.56 Å². The lowest BCUT2D eigenvalue weighted by Crippen LogP contribution is -1.99. The van der Waals surface area contributed by atoms with E-state index in [1.165, 1.54) is 0 Å². The summed E-state index contributed by atoms with van der Waals surface area (Å²) in [6.45, 7) is 0.634. The van der Waals surface area contributed by atoms with Crippen LogP contribution >= 0.6 is 46.4 Å². The standard InChI is InChI=1S/C13H9Cl4N/c14-9-3-1-8(2-4-9)7-18-13-6-11(16)10(15)5-12(13)17/h1-6,18H,7H2. The van der Waals surface area contributed by atoms with Crippen molar-refractivity contribution in [2.24, 2.45) is 0 Å². The first-order valence-corrected chi connectivity index (χ1v) is 6.70. The summed E-state index contributed by atoms with van der Waals surface area (Å²) in [5.41, 5.74) is 1.85. The Kier molecular flexibility index (Phi) is 4.63. The fourth-order valence-corrected chi connectivity index (χ4v) is 2.20. The van der Waals surface area contributed by atoms with Crippen molar-refractivity contribution in [3.05, 3.63) is 62.1 Å². The molecule has 0 aliphatic rings. The van der Waals surface area contributed by atoms with Crippen LogP contribution in [-0.4, -0.2) is 0 Å². The molecule has 1 nitrogen and oxygen atoms in total. The third-order valence-electron chi connectivity index (χ3n) is 2.41. The second-order valence-electron chi connectivity index (χ2n) is 3.73. The lowest BCUT2D eigenvalue weighted by Gasteiger charge is -2.10. The number of hydrogen-bond acceptors (Lipinski definition) is 1. The Morgan fingerprint density at radius 2 is 1.39 bits per heavy atom. The van der Waals surface area contributed by atoms with Crippen molar-refractivity contribution in [2.45, 2.75) is 6.54 Å². The summed E-state index contributed by atoms with van der Waals surface area (Å²) in [5.74, 6) is 0. The van der Waals surface area contributed by atoms with E-state index in [2.05, 4.69) is 5.32 Å². The van der Waals surface area contributed by atoms with Crippen molar-refractivity contribution in [3.63, 3.8) is 0 Å². The summed E-state index contributed by atoms with van der Waals surface area (Å²) >= 11 is 23.7. The van der Waals surface area contributed by atoms with Crippen molar-refractivity contribution < 1.29 is 0 Å². The topological polar surface area (TPSA) is 12.0 Å². The third-order valence-corrected chi connectivity index (χ3v) is 3.69. The molecule has 2 aromatic carbocycles. The highest BCUT2D eigenvalue weighted by Gasteiger charge is 2.05. The highest BCUT2D eigenvalue weighted by Crippen LogP contribution is 2.32. The van der Waals surface area contributed by atoms with E-state index in [1.54, 1.807) is 12.1 Å². The first kappa shape index (κ1) is 13.8. The Balaban J connectivity index is 2.10. The molecule has 0 atom stereocenters. The quantitative estimate of drug-likeness (QED) is 0.693. The predicted octanol–water partition coefficient (Wildman–Crippen LogP) is 5.91. The molecule has 0 fully saturated rings. The molecule has 2 rings (SSSR count). The van der Waals surface area contributed by atoms with Crippen molar-refractivity contribution in [1.82, 2.24) is 0 Å². The van der Waals surface area contributed by atoms with Gasteiger partial charge in [0, 0.05) is 11.6 Å². The zero-order valence-corrected chi connectivity index (χ0v) is 12.2. The van der Waals surface area contributed by atoms with Crippen molar-refractivity contribution in [1.29, 1.82) is 0 Å². The van der Waals surface area contributed by atoms with Crippen LogP contribution in [0.15, 0.2) is 36.4 Å². The van der Waals surface area contributed by atoms with Crippen LogP contribution in [-0.2, 0) is 6.54 Å². The maximum absolute atomic E-state index is 6.07. The van der Waals surface area contributed by atoms with Crippen LogP contribution < -0.4 is 5.32 Å². The highest BCUT2D eigenvalue weighted by atomic mass is 35.5. The summed E-state index contributed by atoms with van der Waals surface area (Å²) in [4.78, 5) is 0. The van der Waals surface area contributed by atoms with Crippen LogP contribution in [0.2, 0.25) is 20.1 Å². The van der Waals surface area contributed by atoms with Crippen LogP contribution in [0.25, 0.3) is 0 Å². The van der Waals surface area contributed by atoms with E-state index < -0.39 is 0 Å². The zero-order valence-electron chi connectivity index (χ0n) is 9.18. The third kappa shape index (κ3) is 3.46. The molecule has 0 radical (unpaired) electrons. The van der Waals surface area contributed by atoms with Crippen LogP contribution in [0.5, 0.6) is 0 Å². The van der Waals surface area contributed by atoms with Crippen LogP contribution in [0.3, 0.4) is 0 Å². The van der Waals surface area contributed by atoms with E-state index in [0.717, 1.165) is 11.3 Å². The minimum Gasteiger partial charge on any atom is -0.380 e. The number of benzene rings is 2. The first-order chi connectivity index (χ1) is 8.56. The minimum absolute atomic E-state index is 0.443. The van der Waals surface area contributed by atoms with Gasteiger partial charge in [-0.05, 0) is 29.8 Å². The second-order valence-corrected chi connectivity index (χ2v) is 5.38. The van der Waals surface area contributed by atoms with Gasteiger partial charge < -0.3 is 5.32 Å². The Morgan fingerprint density at radius 3 is 2.06 bits per heavy atom. The average Bonchev–Trinajstić information content (AvgIpc) is 2.34.